The molecule has 0 amide bonds. The molecule has 0 aliphatic carbocycles. The maximum absolute atomic E-state index is 7.97. The molecule has 0 atom stereocenters. The van der Waals surface area contributed by atoms with Crippen LogP contribution in [0.5, 0.6) is 0 Å². The molecule has 0 unspecified atom stereocenters. The lowest BCUT2D eigenvalue weighted by atomic mass is 9.98. The van der Waals surface area contributed by atoms with Crippen molar-refractivity contribution in [2.75, 3.05) is 13.1 Å². The third-order valence-electron chi connectivity index (χ3n) is 4.17. The van der Waals surface area contributed by atoms with E-state index < -0.39 is 0 Å². The van der Waals surface area contributed by atoms with Gasteiger partial charge in [-0.2, -0.15) is 0 Å². The highest BCUT2D eigenvalue weighted by Crippen LogP contribution is 2.13. The average Bonchev–Trinajstić information content (AvgIpc) is 2.74. The average molecular weight is 386 g/mol. The van der Waals surface area contributed by atoms with Crippen LogP contribution < -0.4 is 5.32 Å². The molecular weight excluding hydrogens is 346 g/mol. The van der Waals surface area contributed by atoms with Crippen LogP contribution in [0.1, 0.15) is 60.3 Å². The highest BCUT2D eigenvalue weighted by molar-refractivity contribution is 5.83. The zero-order chi connectivity index (χ0) is 21.0. The highest BCUT2D eigenvalue weighted by atomic mass is 16.6. The van der Waals surface area contributed by atoms with Gasteiger partial charge in [0.25, 0.3) is 0 Å². The van der Waals surface area contributed by atoms with Crippen LogP contribution in [-0.4, -0.2) is 25.2 Å². The number of nitrogens with zero attached hydrogens (tertiary/aromatic N) is 1. The fourth-order valence-electron chi connectivity index (χ4n) is 2.49. The Morgan fingerprint density at radius 2 is 1.86 bits per heavy atom. The third-order valence-corrected chi connectivity index (χ3v) is 4.17. The van der Waals surface area contributed by atoms with Crippen LogP contribution in [0.2, 0.25) is 0 Å². The lowest BCUT2D eigenvalue weighted by molar-refractivity contribution is 0.281. The van der Waals surface area contributed by atoms with Crippen LogP contribution in [-0.2, 0) is 4.84 Å². The second kappa shape index (κ2) is 18.2. The summed E-state index contributed by atoms with van der Waals surface area (Å²) in [4.78, 5) is 5.25. The Morgan fingerprint density at radius 3 is 2.50 bits per heavy atom. The summed E-state index contributed by atoms with van der Waals surface area (Å²) < 4.78 is 0. The van der Waals surface area contributed by atoms with Crippen molar-refractivity contribution in [1.29, 1.82) is 5.41 Å². The Balaban J connectivity index is 0.00000352. The zero-order valence-electron chi connectivity index (χ0n) is 18.4. The summed E-state index contributed by atoms with van der Waals surface area (Å²) in [5.41, 5.74) is 2.27. The highest BCUT2D eigenvalue weighted by Gasteiger charge is 2.19. The molecule has 1 aliphatic rings. The van der Waals surface area contributed by atoms with Gasteiger partial charge in [-0.05, 0) is 65.1 Å². The SMILES string of the molecule is C/C=C\CC=C/C=C(\C)C\C=C/C(/C=N/OC(=N)C1CCNCC1)=C\C.CC. The quantitative estimate of drug-likeness (QED) is 0.160. The number of hydrogen-bond donors (Lipinski definition) is 2. The molecule has 1 aliphatic heterocycles. The molecule has 2 N–H and O–H groups in total. The largest absolute Gasteiger partial charge is 0.342 e. The summed E-state index contributed by atoms with van der Waals surface area (Å²) in [6.45, 7) is 12.0. The van der Waals surface area contributed by atoms with E-state index in [2.05, 4.69) is 53.9 Å². The van der Waals surface area contributed by atoms with E-state index in [1.54, 1.807) is 6.21 Å². The predicted octanol–water partition coefficient (Wildman–Crippen LogP) is 6.35. The first-order valence-corrected chi connectivity index (χ1v) is 10.4. The molecule has 1 fully saturated rings. The van der Waals surface area contributed by atoms with E-state index in [9.17, 15) is 0 Å². The first-order valence-electron chi connectivity index (χ1n) is 10.4. The summed E-state index contributed by atoms with van der Waals surface area (Å²) in [7, 11) is 0. The minimum Gasteiger partial charge on any atom is -0.342 e. The fourth-order valence-corrected chi connectivity index (χ4v) is 2.49. The van der Waals surface area contributed by atoms with Gasteiger partial charge >= 0.3 is 0 Å². The molecular formula is C24H39N3O. The number of piperidine rings is 1. The minimum absolute atomic E-state index is 0.187. The van der Waals surface area contributed by atoms with Crippen molar-refractivity contribution in [1.82, 2.24) is 5.32 Å². The second-order valence-electron chi connectivity index (χ2n) is 6.36. The number of rotatable bonds is 9. The van der Waals surface area contributed by atoms with Gasteiger partial charge in [0.1, 0.15) is 0 Å². The molecule has 1 saturated heterocycles. The van der Waals surface area contributed by atoms with Gasteiger partial charge in [0, 0.05) is 5.92 Å². The molecule has 156 valence electrons. The smallest absolute Gasteiger partial charge is 0.220 e. The molecule has 4 nitrogen and oxygen atoms in total. The van der Waals surface area contributed by atoms with Crippen molar-refractivity contribution in [2.24, 2.45) is 11.1 Å². The number of allylic oxidation sites excluding steroid dienone is 10. The van der Waals surface area contributed by atoms with Crippen LogP contribution in [0.25, 0.3) is 0 Å². The van der Waals surface area contributed by atoms with Crippen LogP contribution in [0.3, 0.4) is 0 Å². The van der Waals surface area contributed by atoms with Crippen LogP contribution in [0.15, 0.2) is 64.9 Å². The van der Waals surface area contributed by atoms with Crippen molar-refractivity contribution >= 4 is 12.1 Å². The fraction of sp³-hybridized carbons (Fsp3) is 0.500. The molecule has 28 heavy (non-hydrogen) atoms. The molecule has 0 aromatic carbocycles. The molecule has 1 rings (SSSR count). The topological polar surface area (TPSA) is 57.5 Å². The van der Waals surface area contributed by atoms with Crippen LogP contribution >= 0.6 is 0 Å². The van der Waals surface area contributed by atoms with Crippen molar-refractivity contribution in [2.45, 2.75) is 60.3 Å². The summed E-state index contributed by atoms with van der Waals surface area (Å²) >= 11 is 0. The number of oxime groups is 1. The Kier molecular flexibility index (Phi) is 16.7. The Hall–Kier alpha value is -2.20. The first-order chi connectivity index (χ1) is 13.7. The minimum atomic E-state index is 0.187. The molecule has 4 heteroatoms. The van der Waals surface area contributed by atoms with Crippen molar-refractivity contribution in [3.05, 3.63) is 59.8 Å². The monoisotopic (exact) mass is 385 g/mol. The first kappa shape index (κ1) is 25.8. The third kappa shape index (κ3) is 13.0. The van der Waals surface area contributed by atoms with Crippen LogP contribution in [0, 0.1) is 11.3 Å². The Labute approximate surface area is 172 Å². The van der Waals surface area contributed by atoms with Gasteiger partial charge in [-0.3, -0.25) is 5.41 Å². The van der Waals surface area contributed by atoms with Gasteiger partial charge in [-0.15, -0.1) is 0 Å². The van der Waals surface area contributed by atoms with E-state index in [-0.39, 0.29) is 11.8 Å². The van der Waals surface area contributed by atoms with Crippen LogP contribution in [0.4, 0.5) is 0 Å². The Bertz CT molecular complexity index is 589. The normalized spacial score (nSPS) is 16.9. The standard InChI is InChI=1S/C22H33N3O.C2H6/c1-4-6-7-8-9-11-19(3)12-10-13-20(5-2)18-25-26-22(23)21-14-16-24-17-15-21;1-2/h4-6,8-11,13,18,21,23-24H,7,12,14-17H2,1-3H3;1-2H3/b6-4-,9-8?,13-10-,19-11+,20-5+,23-22?,25-18+;. The van der Waals surface area contributed by atoms with Gasteiger partial charge in [0.15, 0.2) is 0 Å². The molecule has 0 saturated carbocycles. The van der Waals surface area contributed by atoms with Crippen molar-refractivity contribution in [3.8, 4) is 0 Å². The van der Waals surface area contributed by atoms with Gasteiger partial charge in [-0.1, -0.05) is 73.2 Å². The molecule has 0 spiro atoms. The summed E-state index contributed by atoms with van der Waals surface area (Å²) in [5.74, 6) is 0.456. The number of hydrogen-bond acceptors (Lipinski definition) is 4. The molecule has 1 heterocycles. The van der Waals surface area contributed by atoms with E-state index in [1.165, 1.54) is 5.57 Å². The van der Waals surface area contributed by atoms with Crippen molar-refractivity contribution < 1.29 is 4.84 Å². The zero-order valence-corrected chi connectivity index (χ0v) is 18.4. The maximum Gasteiger partial charge on any atom is 0.220 e. The molecule has 0 radical (unpaired) electrons. The summed E-state index contributed by atoms with van der Waals surface area (Å²) in [6, 6.07) is 0. The van der Waals surface area contributed by atoms with E-state index in [0.717, 1.165) is 44.3 Å². The lowest BCUT2D eigenvalue weighted by Gasteiger charge is -2.21. The molecule has 0 bridgehead atoms. The molecule has 0 aromatic heterocycles. The Morgan fingerprint density at radius 1 is 1.14 bits per heavy atom. The van der Waals surface area contributed by atoms with Crippen molar-refractivity contribution in [3.63, 3.8) is 0 Å². The van der Waals surface area contributed by atoms with Gasteiger partial charge < -0.3 is 10.2 Å². The summed E-state index contributed by atoms with van der Waals surface area (Å²) in [5, 5.41) is 15.2. The number of nitrogens with one attached hydrogen (secondary N) is 2. The van der Waals surface area contributed by atoms with Gasteiger partial charge in [0.05, 0.1) is 6.21 Å². The van der Waals surface area contributed by atoms with E-state index in [1.807, 2.05) is 39.8 Å². The van der Waals surface area contributed by atoms with Gasteiger partial charge in [-0.25, -0.2) is 0 Å². The second-order valence-corrected chi connectivity index (χ2v) is 6.36. The molecule has 0 aromatic rings. The summed E-state index contributed by atoms with van der Waals surface area (Å²) in [6.07, 6.45) is 22.1. The van der Waals surface area contributed by atoms with Gasteiger partial charge in [0.2, 0.25) is 5.90 Å². The maximum atomic E-state index is 7.97. The van der Waals surface area contributed by atoms with E-state index in [4.69, 9.17) is 10.2 Å². The van der Waals surface area contributed by atoms with E-state index >= 15 is 0 Å². The predicted molar refractivity (Wildman–Crippen MR) is 124 cm³/mol. The lowest BCUT2D eigenvalue weighted by Crippen LogP contribution is -2.32. The van der Waals surface area contributed by atoms with E-state index in [0.29, 0.717) is 0 Å².